The van der Waals surface area contributed by atoms with Crippen LogP contribution in [0, 0.1) is 13.8 Å². The molecular weight excluding hydrogens is 587 g/mol. The Labute approximate surface area is 156 Å². The van der Waals surface area contributed by atoms with Crippen molar-refractivity contribution >= 4 is 55.7 Å². The van der Waals surface area contributed by atoms with Gasteiger partial charge >= 0.3 is 0 Å². The second kappa shape index (κ2) is 7.17. The number of hydrogen-bond donors (Lipinski definition) is 0. The van der Waals surface area contributed by atoms with Crippen LogP contribution in [-0.4, -0.2) is 15.7 Å². The summed E-state index contributed by atoms with van der Waals surface area (Å²) in [6.07, 6.45) is 5.70. The summed E-state index contributed by atoms with van der Waals surface area (Å²) in [7, 11) is 0. The predicted molar refractivity (Wildman–Crippen MR) is 93.1 cm³/mol. The van der Waals surface area contributed by atoms with E-state index in [4.69, 9.17) is 0 Å². The number of carbonyl (C=O) groups excluding carboxylic acids is 2. The molecule has 0 spiro atoms. The molecule has 0 atom stereocenters. The predicted octanol–water partition coefficient (Wildman–Crippen LogP) is 4.69. The van der Waals surface area contributed by atoms with E-state index in [-0.39, 0.29) is 41.5 Å². The average Bonchev–Trinajstić information content (AvgIpc) is 2.91. The normalized spacial score (nSPS) is 18.8. The van der Waals surface area contributed by atoms with E-state index in [1.54, 1.807) is 6.08 Å². The number of nitrogens with zero attached hydrogens (tertiary/aromatic N) is 3. The SMILES string of the molecule is Cc1cc(/C=C2\SC(=O)[N-]C2=O)c(C)n1C1=CN=IC=C1.[Re]. The third-order valence-electron chi connectivity index (χ3n) is 3.14. The van der Waals surface area contributed by atoms with E-state index < -0.39 is 11.1 Å². The average molecular weight is 598 g/mol. The van der Waals surface area contributed by atoms with Crippen molar-refractivity contribution in [3.8, 4) is 0 Å². The van der Waals surface area contributed by atoms with Gasteiger partial charge in [-0.15, -0.1) is 0 Å². The standard InChI is InChI=1S/C14H12IN3O2S.Re/c1-8-5-10(6-12-13(19)17-14(20)21-12)9(2)18(8)11-3-4-15-16-7-11;/h3-7H,1-2H3,(H,17,19,20);/p-1/b12-6-;. The van der Waals surface area contributed by atoms with Gasteiger partial charge in [0.15, 0.2) is 0 Å². The Kier molecular flexibility index (Phi) is 5.72. The second-order valence-corrected chi connectivity index (χ2v) is 7.32. The van der Waals surface area contributed by atoms with Crippen molar-refractivity contribution in [1.29, 1.82) is 0 Å². The number of halogens is 1. The Morgan fingerprint density at radius 3 is 2.73 bits per heavy atom. The summed E-state index contributed by atoms with van der Waals surface area (Å²) in [6, 6.07) is 2.00. The number of aromatic nitrogens is 1. The zero-order chi connectivity index (χ0) is 15.0. The monoisotopic (exact) mass is 599 g/mol. The number of allylic oxidation sites excluding steroid dienone is 2. The number of rotatable bonds is 2. The van der Waals surface area contributed by atoms with E-state index in [2.05, 4.69) is 23.2 Å². The minimum atomic E-state index is -0.452. The topological polar surface area (TPSA) is 65.5 Å². The van der Waals surface area contributed by atoms with Crippen LogP contribution in [0.15, 0.2) is 30.5 Å². The molecule has 1 aromatic rings. The molecule has 0 N–H and O–H groups in total. The minimum Gasteiger partial charge on any atom is -0.581 e. The molecule has 0 aliphatic carbocycles. The van der Waals surface area contributed by atoms with Gasteiger partial charge in [-0.3, -0.25) is 0 Å². The first-order valence-electron chi connectivity index (χ1n) is 6.15. The van der Waals surface area contributed by atoms with Crippen molar-refractivity contribution in [2.45, 2.75) is 13.8 Å². The van der Waals surface area contributed by atoms with Crippen LogP contribution >= 0.6 is 32.8 Å². The maximum Gasteiger partial charge on any atom is 0.120 e. The van der Waals surface area contributed by atoms with Crippen LogP contribution < -0.4 is 0 Å². The summed E-state index contributed by atoms with van der Waals surface area (Å²) in [4.78, 5) is 23.1. The molecule has 8 heteroatoms. The van der Waals surface area contributed by atoms with Gasteiger partial charge in [0.1, 0.15) is 5.24 Å². The molecule has 2 amide bonds. The molecule has 0 saturated carbocycles. The molecule has 0 unspecified atom stereocenters. The van der Waals surface area contributed by atoms with Gasteiger partial charge in [0.05, 0.1) is 17.8 Å². The summed E-state index contributed by atoms with van der Waals surface area (Å²) < 4.78 is 8.56. The molecule has 0 aromatic carbocycles. The maximum atomic E-state index is 11.6. The number of carbonyl (C=O) groups is 2. The molecule has 22 heavy (non-hydrogen) atoms. The summed E-state index contributed by atoms with van der Waals surface area (Å²) in [6.45, 7) is 3.99. The second-order valence-electron chi connectivity index (χ2n) is 4.50. The molecule has 1 radical (unpaired) electrons. The Bertz CT molecular complexity index is 777. The first-order valence-corrected chi connectivity index (χ1v) is 9.17. The molecule has 1 fully saturated rings. The fourth-order valence-electron chi connectivity index (χ4n) is 2.24. The largest absolute Gasteiger partial charge is 0.581 e. The van der Waals surface area contributed by atoms with Crippen LogP contribution in [0.3, 0.4) is 0 Å². The van der Waals surface area contributed by atoms with E-state index >= 15 is 0 Å². The molecule has 115 valence electrons. The van der Waals surface area contributed by atoms with Crippen LogP contribution in [0.4, 0.5) is 4.79 Å². The van der Waals surface area contributed by atoms with Crippen molar-refractivity contribution in [3.63, 3.8) is 0 Å². The third kappa shape index (κ3) is 3.40. The molecule has 1 aromatic heterocycles. The molecule has 5 nitrogen and oxygen atoms in total. The van der Waals surface area contributed by atoms with Crippen LogP contribution in [0.2, 0.25) is 0 Å². The molecule has 2 aliphatic heterocycles. The number of aryl methyl sites for hydroxylation is 1. The van der Waals surface area contributed by atoms with E-state index in [1.807, 2.05) is 26.1 Å². The molecule has 0 bridgehead atoms. The van der Waals surface area contributed by atoms with E-state index in [0.717, 1.165) is 34.4 Å². The minimum absolute atomic E-state index is 0. The summed E-state index contributed by atoms with van der Waals surface area (Å²) >= 11 is 0.686. The van der Waals surface area contributed by atoms with Crippen molar-refractivity contribution in [2.75, 3.05) is 0 Å². The van der Waals surface area contributed by atoms with Gasteiger partial charge in [-0.1, -0.05) is 11.8 Å². The van der Waals surface area contributed by atoms with Crippen molar-refractivity contribution < 1.29 is 30.0 Å². The van der Waals surface area contributed by atoms with E-state index in [0.29, 0.717) is 4.91 Å². The number of thioether (sulfide) groups is 1. The van der Waals surface area contributed by atoms with Crippen LogP contribution in [-0.2, 0) is 25.2 Å². The first kappa shape index (κ1) is 17.5. The summed E-state index contributed by atoms with van der Waals surface area (Å²) in [5, 5.41) is 2.95. The van der Waals surface area contributed by atoms with Gasteiger partial charge in [-0.2, -0.15) is 0 Å². The maximum absolute atomic E-state index is 11.6. The Balaban J connectivity index is 0.00000176. The molecule has 3 rings (SSSR count). The zero-order valence-corrected chi connectivity index (χ0v) is 17.4. The van der Waals surface area contributed by atoms with E-state index in [1.165, 1.54) is 0 Å². The Morgan fingerprint density at radius 2 is 2.14 bits per heavy atom. The van der Waals surface area contributed by atoms with Gasteiger partial charge < -0.3 is 19.5 Å². The molecule has 3 heterocycles. The van der Waals surface area contributed by atoms with Gasteiger partial charge in [0.2, 0.25) is 0 Å². The quantitative estimate of drug-likeness (QED) is 0.367. The Hall–Kier alpha value is -0.818. The van der Waals surface area contributed by atoms with Crippen LogP contribution in [0.1, 0.15) is 17.0 Å². The molecular formula is C14H11IN3O2ReS-. The van der Waals surface area contributed by atoms with Crippen LogP contribution in [0.5, 0.6) is 0 Å². The third-order valence-corrected chi connectivity index (χ3v) is 5.20. The van der Waals surface area contributed by atoms with Gasteiger partial charge in [-0.05, 0) is 41.7 Å². The zero-order valence-electron chi connectivity index (χ0n) is 11.7. The van der Waals surface area contributed by atoms with Gasteiger partial charge in [0, 0.05) is 57.7 Å². The smallest absolute Gasteiger partial charge is 0.120 e. The number of imide groups is 1. The Morgan fingerprint density at radius 1 is 1.36 bits per heavy atom. The van der Waals surface area contributed by atoms with Crippen molar-refractivity contribution in [2.24, 2.45) is 3.15 Å². The first-order chi connectivity index (χ1) is 10.1. The van der Waals surface area contributed by atoms with Gasteiger partial charge in [-0.25, -0.2) is 3.15 Å². The van der Waals surface area contributed by atoms with Crippen molar-refractivity contribution in [3.05, 3.63) is 49.6 Å². The fourth-order valence-corrected chi connectivity index (χ4v) is 4.04. The van der Waals surface area contributed by atoms with Crippen LogP contribution in [0.25, 0.3) is 17.1 Å². The number of hydrogen-bond acceptors (Lipinski definition) is 4. The summed E-state index contributed by atoms with van der Waals surface area (Å²) in [5.41, 5.74) is 4.01. The van der Waals surface area contributed by atoms with Crippen molar-refractivity contribution in [1.82, 2.24) is 4.57 Å². The van der Waals surface area contributed by atoms with E-state index in [9.17, 15) is 9.59 Å². The van der Waals surface area contributed by atoms with Gasteiger partial charge in [0.25, 0.3) is 0 Å². The molecule has 2 aliphatic rings. The number of amides is 2. The molecule has 1 saturated heterocycles. The summed E-state index contributed by atoms with van der Waals surface area (Å²) in [5.74, 6) is -0.452. The fraction of sp³-hybridized carbons (Fsp3) is 0.143.